The van der Waals surface area contributed by atoms with Crippen molar-refractivity contribution in [1.82, 2.24) is 9.62 Å². The Morgan fingerprint density at radius 2 is 1.76 bits per heavy atom. The van der Waals surface area contributed by atoms with Gasteiger partial charge in [-0.3, -0.25) is 19.3 Å². The fourth-order valence-electron chi connectivity index (χ4n) is 4.31. The molecule has 0 radical (unpaired) electrons. The molecule has 0 aliphatic carbocycles. The number of amidine groups is 1. The number of aliphatic imine (C=N–C) groups is 1. The molecule has 180 valence electrons. The molecule has 2 aromatic carbocycles. The molecule has 1 atom stereocenters. The smallest absolute Gasteiger partial charge is 0.263 e. The van der Waals surface area contributed by atoms with Crippen molar-refractivity contribution in [2.45, 2.75) is 37.6 Å². The summed E-state index contributed by atoms with van der Waals surface area (Å²) >= 11 is 0. The quantitative estimate of drug-likeness (QED) is 0.653. The van der Waals surface area contributed by atoms with Gasteiger partial charge in [-0.05, 0) is 49.1 Å². The molecule has 1 saturated heterocycles. The van der Waals surface area contributed by atoms with E-state index in [9.17, 15) is 26.8 Å². The van der Waals surface area contributed by atoms with E-state index in [2.05, 4.69) is 9.71 Å². The van der Waals surface area contributed by atoms with Gasteiger partial charge in [0.1, 0.15) is 23.5 Å². The van der Waals surface area contributed by atoms with Crippen LogP contribution >= 0.6 is 0 Å². The number of halogens is 2. The van der Waals surface area contributed by atoms with E-state index in [-0.39, 0.29) is 41.2 Å². The van der Waals surface area contributed by atoms with Crippen molar-refractivity contribution in [2.75, 3.05) is 13.1 Å². The van der Waals surface area contributed by atoms with E-state index < -0.39 is 39.4 Å². The zero-order valence-corrected chi connectivity index (χ0v) is 19.6. The molecule has 0 spiro atoms. The highest BCUT2D eigenvalue weighted by Gasteiger charge is 2.36. The number of nitrogens with zero attached hydrogens (tertiary/aromatic N) is 2. The third-order valence-electron chi connectivity index (χ3n) is 6.19. The third-order valence-corrected chi connectivity index (χ3v) is 7.58. The molecule has 1 N–H and O–H groups in total. The van der Waals surface area contributed by atoms with Gasteiger partial charge in [-0.15, -0.1) is 0 Å². The van der Waals surface area contributed by atoms with Crippen LogP contribution in [0.1, 0.15) is 42.6 Å². The van der Waals surface area contributed by atoms with Crippen molar-refractivity contribution in [3.8, 4) is 0 Å². The van der Waals surface area contributed by atoms with Crippen LogP contribution in [-0.4, -0.2) is 50.0 Å². The standard InChI is InChI=1S/C24H25F2N3O4S/c1-14(2)21(27-23-17-5-3-4-6-20(17)34(32,33)28-23)24(31)29-11-9-15(10-12-29)22(30)18-13-16(25)7-8-19(18)26/h3-8,13-15,21H,9-12H2,1-2H3,(H,27,28)/t21-/m0/s1. The van der Waals surface area contributed by atoms with Crippen LogP contribution in [0.5, 0.6) is 0 Å². The maximum atomic E-state index is 14.0. The van der Waals surface area contributed by atoms with Crippen LogP contribution in [0.3, 0.4) is 0 Å². The van der Waals surface area contributed by atoms with Gasteiger partial charge in [-0.1, -0.05) is 26.0 Å². The van der Waals surface area contributed by atoms with Crippen LogP contribution in [0, 0.1) is 23.5 Å². The summed E-state index contributed by atoms with van der Waals surface area (Å²) in [5.74, 6) is -2.78. The molecule has 0 saturated carbocycles. The number of hydrogen-bond acceptors (Lipinski definition) is 5. The van der Waals surface area contributed by atoms with E-state index in [4.69, 9.17) is 0 Å². The highest BCUT2D eigenvalue weighted by Crippen LogP contribution is 2.27. The minimum absolute atomic E-state index is 0.118. The number of ketones is 1. The van der Waals surface area contributed by atoms with Crippen molar-refractivity contribution in [3.63, 3.8) is 0 Å². The number of carbonyl (C=O) groups excluding carboxylic acids is 2. The summed E-state index contributed by atoms with van der Waals surface area (Å²) in [5.41, 5.74) is 0.144. The Kier molecular flexibility index (Phi) is 6.53. The molecule has 0 aromatic heterocycles. The minimum atomic E-state index is -3.73. The number of benzene rings is 2. The molecule has 4 rings (SSSR count). The van der Waals surface area contributed by atoms with Crippen molar-refractivity contribution < 1.29 is 26.8 Å². The van der Waals surface area contributed by atoms with Crippen molar-refractivity contribution in [2.24, 2.45) is 16.8 Å². The minimum Gasteiger partial charge on any atom is -0.341 e. The highest BCUT2D eigenvalue weighted by atomic mass is 32.2. The molecule has 1 fully saturated rings. The number of fused-ring (bicyclic) bond motifs is 1. The Morgan fingerprint density at radius 3 is 2.44 bits per heavy atom. The van der Waals surface area contributed by atoms with E-state index in [1.807, 2.05) is 13.8 Å². The van der Waals surface area contributed by atoms with Crippen molar-refractivity contribution in [3.05, 3.63) is 65.2 Å². The Labute approximate surface area is 196 Å². The van der Waals surface area contributed by atoms with Gasteiger partial charge >= 0.3 is 0 Å². The van der Waals surface area contributed by atoms with E-state index in [0.29, 0.717) is 18.4 Å². The lowest BCUT2D eigenvalue weighted by Crippen LogP contribution is -2.46. The van der Waals surface area contributed by atoms with Crippen LogP contribution in [0.2, 0.25) is 0 Å². The topological polar surface area (TPSA) is 95.9 Å². The van der Waals surface area contributed by atoms with E-state index in [1.165, 1.54) is 6.07 Å². The molecule has 1 amide bonds. The molecule has 2 heterocycles. The molecule has 2 aromatic rings. The second-order valence-electron chi connectivity index (χ2n) is 8.86. The number of Topliss-reactive ketones (excluding diaryl/α,β-unsaturated/α-hetero) is 1. The lowest BCUT2D eigenvalue weighted by atomic mass is 9.88. The van der Waals surface area contributed by atoms with Gasteiger partial charge in [0.2, 0.25) is 5.91 Å². The zero-order chi connectivity index (χ0) is 24.6. The molecule has 10 heteroatoms. The van der Waals surface area contributed by atoms with Crippen LogP contribution in [0.15, 0.2) is 52.4 Å². The summed E-state index contributed by atoms with van der Waals surface area (Å²) in [4.78, 5) is 32.2. The SMILES string of the molecule is CC(C)[C@H](N=C1NS(=O)(=O)c2ccccc21)C(=O)N1CCC(C(=O)c2cc(F)ccc2F)CC1. The Balaban J connectivity index is 1.49. The van der Waals surface area contributed by atoms with Gasteiger partial charge in [0.25, 0.3) is 10.0 Å². The van der Waals surface area contributed by atoms with Crippen LogP contribution in [0.4, 0.5) is 8.78 Å². The van der Waals surface area contributed by atoms with Crippen molar-refractivity contribution in [1.29, 1.82) is 0 Å². The molecule has 0 unspecified atom stereocenters. The first-order chi connectivity index (χ1) is 16.1. The average Bonchev–Trinajstić information content (AvgIpc) is 3.08. The normalized spacial score (nSPS) is 19.7. The average molecular weight is 490 g/mol. The first-order valence-corrected chi connectivity index (χ1v) is 12.5. The Morgan fingerprint density at radius 1 is 1.09 bits per heavy atom. The number of piperidine rings is 1. The van der Waals surface area contributed by atoms with Gasteiger partial charge in [-0.2, -0.15) is 0 Å². The number of sulfonamides is 1. The van der Waals surface area contributed by atoms with Crippen LogP contribution in [0.25, 0.3) is 0 Å². The van der Waals surface area contributed by atoms with Gasteiger partial charge in [-0.25, -0.2) is 17.2 Å². The second kappa shape index (κ2) is 9.25. The summed E-state index contributed by atoms with van der Waals surface area (Å²) in [5, 5.41) is 0. The lowest BCUT2D eigenvalue weighted by molar-refractivity contribution is -0.134. The maximum Gasteiger partial charge on any atom is 0.263 e. The third kappa shape index (κ3) is 4.59. The van der Waals surface area contributed by atoms with Gasteiger partial charge in [0, 0.05) is 24.6 Å². The summed E-state index contributed by atoms with van der Waals surface area (Å²) in [6.45, 7) is 4.18. The fourth-order valence-corrected chi connectivity index (χ4v) is 5.55. The second-order valence-corrected chi connectivity index (χ2v) is 10.5. The van der Waals surface area contributed by atoms with E-state index >= 15 is 0 Å². The molecule has 2 aliphatic rings. The molecule has 2 aliphatic heterocycles. The Bertz CT molecular complexity index is 1270. The molecular formula is C24H25F2N3O4S. The number of hydrogen-bond donors (Lipinski definition) is 1. The number of carbonyl (C=O) groups is 2. The van der Waals surface area contributed by atoms with E-state index in [0.717, 1.165) is 18.2 Å². The van der Waals surface area contributed by atoms with Crippen LogP contribution < -0.4 is 4.72 Å². The van der Waals surface area contributed by atoms with Crippen LogP contribution in [-0.2, 0) is 14.8 Å². The first kappa shape index (κ1) is 24.0. The number of likely N-dealkylation sites (tertiary alicyclic amines) is 1. The fraction of sp³-hybridized carbons (Fsp3) is 0.375. The zero-order valence-electron chi connectivity index (χ0n) is 18.8. The van der Waals surface area contributed by atoms with Gasteiger partial charge < -0.3 is 4.90 Å². The monoisotopic (exact) mass is 489 g/mol. The van der Waals surface area contributed by atoms with Gasteiger partial charge in [0.15, 0.2) is 5.78 Å². The van der Waals surface area contributed by atoms with E-state index in [1.54, 1.807) is 23.1 Å². The summed E-state index contributed by atoms with van der Waals surface area (Å²) < 4.78 is 54.7. The number of rotatable bonds is 5. The number of amides is 1. The maximum absolute atomic E-state index is 14.0. The summed E-state index contributed by atoms with van der Waals surface area (Å²) in [7, 11) is -3.73. The Hall–Kier alpha value is -3.14. The summed E-state index contributed by atoms with van der Waals surface area (Å²) in [6, 6.07) is 8.41. The largest absolute Gasteiger partial charge is 0.341 e. The molecule has 0 bridgehead atoms. The molecular weight excluding hydrogens is 464 g/mol. The lowest BCUT2D eigenvalue weighted by Gasteiger charge is -2.34. The predicted octanol–water partition coefficient (Wildman–Crippen LogP) is 3.15. The molecule has 7 nitrogen and oxygen atoms in total. The predicted molar refractivity (Wildman–Crippen MR) is 122 cm³/mol. The van der Waals surface area contributed by atoms with Crippen molar-refractivity contribution >= 4 is 27.5 Å². The number of nitrogens with one attached hydrogen (secondary N) is 1. The molecule has 34 heavy (non-hydrogen) atoms. The van der Waals surface area contributed by atoms with Gasteiger partial charge in [0.05, 0.1) is 10.5 Å². The highest BCUT2D eigenvalue weighted by molar-refractivity contribution is 7.90. The summed E-state index contributed by atoms with van der Waals surface area (Å²) in [6.07, 6.45) is 0.634. The first-order valence-electron chi connectivity index (χ1n) is 11.1.